The van der Waals surface area contributed by atoms with E-state index in [0.717, 1.165) is 0 Å². The Morgan fingerprint density at radius 3 is 1.29 bits per heavy atom. The van der Waals surface area contributed by atoms with Gasteiger partial charge in [-0.15, -0.1) is 0 Å². The molecule has 18 N–H and O–H groups in total. The van der Waals surface area contributed by atoms with E-state index in [1.165, 1.54) is 6.92 Å². The molecule has 0 aliphatic heterocycles. The van der Waals surface area contributed by atoms with Crippen LogP contribution < -0.4 is 54.4 Å². The Balaban J connectivity index is 6.54. The molecule has 26 heteroatoms. The maximum absolute atomic E-state index is 13.9. The average Bonchev–Trinajstić information content (AvgIpc) is 3.17. The number of carboxylic acids is 4. The van der Waals surface area contributed by atoms with Crippen LogP contribution in [0.5, 0.6) is 0 Å². The van der Waals surface area contributed by atoms with Gasteiger partial charge < -0.3 is 80.0 Å². The van der Waals surface area contributed by atoms with E-state index in [9.17, 15) is 68.1 Å². The van der Waals surface area contributed by atoms with Gasteiger partial charge in [0, 0.05) is 6.42 Å². The van der Waals surface area contributed by atoms with Gasteiger partial charge in [0.15, 0.2) is 0 Å². The maximum Gasteiger partial charge on any atom is 0.322 e. The zero-order valence-corrected chi connectivity index (χ0v) is 34.8. The van der Waals surface area contributed by atoms with Gasteiger partial charge in [-0.25, -0.2) is 0 Å². The molecule has 0 spiro atoms. The lowest BCUT2D eigenvalue weighted by Gasteiger charge is -2.29. The van der Waals surface area contributed by atoms with E-state index in [4.69, 9.17) is 27.4 Å². The number of carbonyl (C=O) groups excluding carboxylic acids is 7. The lowest BCUT2D eigenvalue weighted by atomic mass is 10.00. The first-order valence-electron chi connectivity index (χ1n) is 19.8. The largest absolute Gasteiger partial charge is 0.481 e. The van der Waals surface area contributed by atoms with Crippen LogP contribution >= 0.6 is 0 Å². The number of aliphatic carboxylic acids is 4. The van der Waals surface area contributed by atoms with Crippen molar-refractivity contribution in [2.75, 3.05) is 19.6 Å². The summed E-state index contributed by atoms with van der Waals surface area (Å²) in [6.45, 7) is 3.83. The SMILES string of the molecule is CC(C)[C@H](NC(=O)[C@H](CCCCN)NC(=O)[C@H](CCCCN)NC(=O)[C@H](CCC(=O)O)NC(=O)[C@H](CC(=O)O)NC(=O)[C@@H](N)CC(=O)O)C(=O)N[C@H](C(=O)NCC(=O)O)[C@@H](C)O. The molecule has 0 aromatic rings. The molecule has 0 rings (SSSR count). The number of aliphatic hydroxyl groups excluding tert-OH is 1. The Morgan fingerprint density at radius 1 is 0.468 bits per heavy atom. The molecule has 8 atom stereocenters. The van der Waals surface area contributed by atoms with Crippen LogP contribution in [0.15, 0.2) is 0 Å². The van der Waals surface area contributed by atoms with Gasteiger partial charge in [-0.3, -0.25) is 52.7 Å². The van der Waals surface area contributed by atoms with Crippen molar-refractivity contribution >= 4 is 65.2 Å². The summed E-state index contributed by atoms with van der Waals surface area (Å²) in [7, 11) is 0. The number of amides is 7. The van der Waals surface area contributed by atoms with E-state index in [2.05, 4.69) is 26.6 Å². The molecule has 0 aliphatic carbocycles. The van der Waals surface area contributed by atoms with Crippen LogP contribution in [0.25, 0.3) is 0 Å². The van der Waals surface area contributed by atoms with Crippen LogP contribution in [0.1, 0.15) is 85.0 Å². The third-order valence-corrected chi connectivity index (χ3v) is 8.91. The Morgan fingerprint density at radius 2 is 0.887 bits per heavy atom. The van der Waals surface area contributed by atoms with Crippen molar-refractivity contribution in [1.82, 2.24) is 37.2 Å². The van der Waals surface area contributed by atoms with Crippen molar-refractivity contribution in [1.29, 1.82) is 0 Å². The minimum atomic E-state index is -1.92. The van der Waals surface area contributed by atoms with Crippen LogP contribution in [-0.2, 0) is 52.7 Å². The summed E-state index contributed by atoms with van der Waals surface area (Å²) in [5.41, 5.74) is 16.8. The first kappa shape index (κ1) is 56.0. The van der Waals surface area contributed by atoms with Crippen LogP contribution in [0.4, 0.5) is 0 Å². The molecular formula is C36H62N10O16. The molecule has 0 radical (unpaired) electrons. The molecule has 352 valence electrons. The molecule has 0 saturated heterocycles. The maximum atomic E-state index is 13.9. The summed E-state index contributed by atoms with van der Waals surface area (Å²) in [6.07, 6.45) is -3.65. The number of carboxylic acid groups (broad SMARTS) is 4. The first-order chi connectivity index (χ1) is 28.9. The van der Waals surface area contributed by atoms with E-state index in [0.29, 0.717) is 12.8 Å². The Hall–Kier alpha value is -5.99. The van der Waals surface area contributed by atoms with E-state index in [1.54, 1.807) is 13.8 Å². The highest BCUT2D eigenvalue weighted by Gasteiger charge is 2.36. The third-order valence-electron chi connectivity index (χ3n) is 8.91. The van der Waals surface area contributed by atoms with Crippen molar-refractivity contribution in [3.05, 3.63) is 0 Å². The predicted octanol–water partition coefficient (Wildman–Crippen LogP) is -5.47. The van der Waals surface area contributed by atoms with Crippen LogP contribution in [0, 0.1) is 5.92 Å². The van der Waals surface area contributed by atoms with Gasteiger partial charge in [0.05, 0.1) is 25.0 Å². The highest BCUT2D eigenvalue weighted by Crippen LogP contribution is 2.10. The van der Waals surface area contributed by atoms with Crippen molar-refractivity contribution in [3.63, 3.8) is 0 Å². The van der Waals surface area contributed by atoms with Gasteiger partial charge in [0.25, 0.3) is 0 Å². The fraction of sp³-hybridized carbons (Fsp3) is 0.694. The molecule has 0 aliphatic rings. The fourth-order valence-corrected chi connectivity index (χ4v) is 5.53. The van der Waals surface area contributed by atoms with Gasteiger partial charge in [-0.1, -0.05) is 13.8 Å². The molecule has 0 bridgehead atoms. The normalized spacial score (nSPS) is 14.8. The number of rotatable bonds is 32. The number of carbonyl (C=O) groups is 11. The third kappa shape index (κ3) is 22.6. The number of hydrogen-bond donors (Lipinski definition) is 15. The van der Waals surface area contributed by atoms with Crippen molar-refractivity contribution < 1.29 is 78.3 Å². The van der Waals surface area contributed by atoms with Gasteiger partial charge >= 0.3 is 23.9 Å². The lowest BCUT2D eigenvalue weighted by Crippen LogP contribution is -2.61. The van der Waals surface area contributed by atoms with E-state index >= 15 is 0 Å². The Labute approximate surface area is 356 Å². The summed E-state index contributed by atoms with van der Waals surface area (Å²) >= 11 is 0. The Bertz CT molecular complexity index is 1580. The van der Waals surface area contributed by atoms with Gasteiger partial charge in [0.1, 0.15) is 42.8 Å². The van der Waals surface area contributed by atoms with Crippen molar-refractivity contribution in [2.24, 2.45) is 23.1 Å². The zero-order valence-electron chi connectivity index (χ0n) is 34.8. The summed E-state index contributed by atoms with van der Waals surface area (Å²) < 4.78 is 0. The molecule has 0 aromatic carbocycles. The molecule has 0 saturated carbocycles. The molecule has 62 heavy (non-hydrogen) atoms. The highest BCUT2D eigenvalue weighted by atomic mass is 16.4. The topological polar surface area (TPSA) is 451 Å². The second-order valence-corrected chi connectivity index (χ2v) is 14.6. The zero-order chi connectivity index (χ0) is 47.7. The van der Waals surface area contributed by atoms with Crippen LogP contribution in [0.3, 0.4) is 0 Å². The van der Waals surface area contributed by atoms with E-state index in [-0.39, 0.29) is 38.8 Å². The summed E-state index contributed by atoms with van der Waals surface area (Å²) in [5, 5.41) is 62.6. The average molecular weight is 891 g/mol. The van der Waals surface area contributed by atoms with E-state index in [1.807, 2.05) is 10.6 Å². The molecule has 0 unspecified atom stereocenters. The molecule has 0 aromatic heterocycles. The van der Waals surface area contributed by atoms with Crippen molar-refractivity contribution in [3.8, 4) is 0 Å². The lowest BCUT2D eigenvalue weighted by molar-refractivity contribution is -0.142. The minimum Gasteiger partial charge on any atom is -0.481 e. The van der Waals surface area contributed by atoms with Crippen molar-refractivity contribution in [2.45, 2.75) is 133 Å². The number of unbranched alkanes of at least 4 members (excludes halogenated alkanes) is 2. The van der Waals surface area contributed by atoms with Gasteiger partial charge in [-0.05, 0) is 70.9 Å². The van der Waals surface area contributed by atoms with Gasteiger partial charge in [-0.2, -0.15) is 0 Å². The minimum absolute atomic E-state index is 0.0390. The number of hydrogen-bond acceptors (Lipinski definition) is 15. The number of nitrogens with two attached hydrogens (primary N) is 3. The molecule has 7 amide bonds. The monoisotopic (exact) mass is 890 g/mol. The molecule has 26 nitrogen and oxygen atoms in total. The summed E-state index contributed by atoms with van der Waals surface area (Å²) in [6, 6.07) is -11.2. The quantitative estimate of drug-likeness (QED) is 0.0280. The summed E-state index contributed by atoms with van der Waals surface area (Å²) in [4.78, 5) is 138. The van der Waals surface area contributed by atoms with E-state index < -0.39 is 152 Å². The summed E-state index contributed by atoms with van der Waals surface area (Å²) in [5.74, 6) is -13.9. The standard InChI is InChI=1S/C36H62N10O16/c1-17(2)28(36(62)46-29(18(3)47)35(61)40-16-27(54)55)45-33(59)21(9-5-7-13-38)42-31(57)20(8-4-6-12-37)41-32(58)22(10-11-24(48)49)43-34(60)23(15-26(52)53)44-30(56)19(39)14-25(50)51/h17-23,28-29,47H,4-16,37-39H2,1-3H3,(H,40,61)(H,41,58)(H,42,57)(H,43,60)(H,44,56)(H,45,59)(H,46,62)(H,48,49)(H,50,51)(H,52,53)(H,54,55)/t18-,19+,20+,21+,22+,23+,28+,29+/m1/s1. The molecule has 0 fully saturated rings. The van der Waals surface area contributed by atoms with Gasteiger partial charge in [0.2, 0.25) is 41.4 Å². The molecular weight excluding hydrogens is 828 g/mol. The number of nitrogens with one attached hydrogen (secondary N) is 7. The second-order valence-electron chi connectivity index (χ2n) is 14.6. The highest BCUT2D eigenvalue weighted by molar-refractivity contribution is 5.98. The number of aliphatic hydroxyl groups is 1. The molecule has 0 heterocycles. The second kappa shape index (κ2) is 29.3. The van der Waals surface area contributed by atoms with Crippen LogP contribution in [0.2, 0.25) is 0 Å². The fourth-order valence-electron chi connectivity index (χ4n) is 5.53. The van der Waals surface area contributed by atoms with Crippen LogP contribution in [-0.4, -0.2) is 159 Å². The Kier molecular flexibility index (Phi) is 26.5. The predicted molar refractivity (Wildman–Crippen MR) is 214 cm³/mol. The first-order valence-corrected chi connectivity index (χ1v) is 19.8. The smallest absolute Gasteiger partial charge is 0.322 e.